The Bertz CT molecular complexity index is 866. The summed E-state index contributed by atoms with van der Waals surface area (Å²) < 4.78 is 32.9. The number of nitrogens with one attached hydrogen (secondary N) is 1. The third-order valence-electron chi connectivity index (χ3n) is 4.27. The largest absolute Gasteiger partial charge is 0.367 e. The highest BCUT2D eigenvalue weighted by molar-refractivity contribution is 7.90. The molecule has 6 nitrogen and oxygen atoms in total. The van der Waals surface area contributed by atoms with Crippen molar-refractivity contribution < 1.29 is 17.9 Å². The van der Waals surface area contributed by atoms with E-state index in [1.54, 1.807) is 12.1 Å². The average Bonchev–Trinajstić information content (AvgIpc) is 2.62. The van der Waals surface area contributed by atoms with E-state index >= 15 is 0 Å². The summed E-state index contributed by atoms with van der Waals surface area (Å²) in [6.45, 7) is 4.36. The molecular weight excluding hydrogens is 352 g/mol. The molecule has 0 radical (unpaired) electrons. The molecule has 1 saturated heterocycles. The molecule has 1 aliphatic heterocycles. The molecule has 2 unspecified atom stereocenters. The van der Waals surface area contributed by atoms with E-state index in [4.69, 9.17) is 4.74 Å². The summed E-state index contributed by atoms with van der Waals surface area (Å²) in [4.78, 5) is 14.1. The predicted octanol–water partition coefficient (Wildman–Crippen LogP) is 2.86. The van der Waals surface area contributed by atoms with E-state index in [9.17, 15) is 13.2 Å². The van der Waals surface area contributed by atoms with Gasteiger partial charge in [0.1, 0.15) is 6.10 Å². The zero-order valence-corrected chi connectivity index (χ0v) is 15.6. The molecule has 2 amide bonds. The van der Waals surface area contributed by atoms with Crippen LogP contribution in [0.25, 0.3) is 0 Å². The maximum absolute atomic E-state index is 12.6. The zero-order chi connectivity index (χ0) is 18.7. The van der Waals surface area contributed by atoms with Gasteiger partial charge in [0, 0.05) is 6.54 Å². The first kappa shape index (κ1) is 18.4. The number of benzene rings is 2. The van der Waals surface area contributed by atoms with E-state index in [0.717, 1.165) is 11.1 Å². The minimum absolute atomic E-state index is 0.0670. The Hall–Kier alpha value is -2.38. The van der Waals surface area contributed by atoms with E-state index in [-0.39, 0.29) is 17.1 Å². The Morgan fingerprint density at radius 1 is 1.08 bits per heavy atom. The molecule has 0 spiro atoms. The van der Waals surface area contributed by atoms with Gasteiger partial charge in [0.25, 0.3) is 10.0 Å². The molecule has 2 aromatic carbocycles. The van der Waals surface area contributed by atoms with Crippen LogP contribution in [0.2, 0.25) is 0 Å². The average molecular weight is 374 g/mol. The molecule has 3 rings (SSSR count). The Morgan fingerprint density at radius 2 is 1.73 bits per heavy atom. The second-order valence-corrected chi connectivity index (χ2v) is 8.16. The Balaban J connectivity index is 1.73. The molecule has 1 fully saturated rings. The first-order chi connectivity index (χ1) is 12.3. The van der Waals surface area contributed by atoms with E-state index in [1.807, 2.05) is 44.2 Å². The van der Waals surface area contributed by atoms with Crippen molar-refractivity contribution in [3.05, 3.63) is 65.7 Å². The molecule has 138 valence electrons. The van der Waals surface area contributed by atoms with Crippen molar-refractivity contribution in [3.8, 4) is 0 Å². The third-order valence-corrected chi connectivity index (χ3v) is 5.61. The molecule has 1 N–H and O–H groups in total. The van der Waals surface area contributed by atoms with Crippen LogP contribution in [0.1, 0.15) is 24.2 Å². The number of amides is 2. The van der Waals surface area contributed by atoms with Crippen molar-refractivity contribution in [3.63, 3.8) is 0 Å². The van der Waals surface area contributed by atoms with Gasteiger partial charge >= 0.3 is 6.03 Å². The van der Waals surface area contributed by atoms with Crippen LogP contribution in [0, 0.1) is 6.92 Å². The van der Waals surface area contributed by atoms with Gasteiger partial charge in [-0.1, -0.05) is 48.0 Å². The van der Waals surface area contributed by atoms with E-state index in [0.29, 0.717) is 13.1 Å². The highest BCUT2D eigenvalue weighted by Gasteiger charge is 2.31. The number of aryl methyl sites for hydroxylation is 1. The number of carbonyl (C=O) groups is 1. The van der Waals surface area contributed by atoms with Crippen LogP contribution in [0.3, 0.4) is 0 Å². The SMILES string of the molecule is Cc1ccc(S(=O)(=O)NC(=O)N2CC(C)OC(c3ccccc3)C2)cc1. The molecule has 0 aliphatic carbocycles. The molecule has 2 atom stereocenters. The number of hydrogen-bond acceptors (Lipinski definition) is 4. The summed E-state index contributed by atoms with van der Waals surface area (Å²) in [5.74, 6) is 0. The van der Waals surface area contributed by atoms with Crippen LogP contribution in [0.5, 0.6) is 0 Å². The van der Waals surface area contributed by atoms with Gasteiger partial charge in [-0.3, -0.25) is 0 Å². The molecule has 0 aromatic heterocycles. The smallest absolute Gasteiger partial charge is 0.331 e. The fourth-order valence-corrected chi connectivity index (χ4v) is 3.90. The molecule has 1 heterocycles. The molecule has 26 heavy (non-hydrogen) atoms. The third kappa shape index (κ3) is 4.23. The van der Waals surface area contributed by atoms with Crippen molar-refractivity contribution in [1.82, 2.24) is 9.62 Å². The van der Waals surface area contributed by atoms with Crippen molar-refractivity contribution in [2.24, 2.45) is 0 Å². The summed E-state index contributed by atoms with van der Waals surface area (Å²) in [5, 5.41) is 0. The molecule has 1 aliphatic rings. The van der Waals surface area contributed by atoms with Crippen LogP contribution in [0.15, 0.2) is 59.5 Å². The van der Waals surface area contributed by atoms with Gasteiger partial charge in [-0.25, -0.2) is 17.9 Å². The highest BCUT2D eigenvalue weighted by Crippen LogP contribution is 2.25. The molecule has 0 bridgehead atoms. The number of hydrogen-bond donors (Lipinski definition) is 1. The van der Waals surface area contributed by atoms with Crippen molar-refractivity contribution in [1.29, 1.82) is 0 Å². The van der Waals surface area contributed by atoms with Crippen LogP contribution in [-0.2, 0) is 14.8 Å². The second kappa shape index (κ2) is 7.47. The van der Waals surface area contributed by atoms with Gasteiger partial charge < -0.3 is 9.64 Å². The fraction of sp³-hybridized carbons (Fsp3) is 0.316. The van der Waals surface area contributed by atoms with Gasteiger partial charge in [0.15, 0.2) is 0 Å². The van der Waals surface area contributed by atoms with Crippen LogP contribution in [0.4, 0.5) is 4.79 Å². The fourth-order valence-electron chi connectivity index (χ4n) is 2.92. The quantitative estimate of drug-likeness (QED) is 0.896. The maximum Gasteiger partial charge on any atom is 0.331 e. The number of nitrogens with zero attached hydrogens (tertiary/aromatic N) is 1. The summed E-state index contributed by atoms with van der Waals surface area (Å²) in [6.07, 6.45) is -0.477. The number of carbonyl (C=O) groups excluding carboxylic acids is 1. The molecule has 7 heteroatoms. The number of ether oxygens (including phenoxy) is 1. The normalized spacial score (nSPS) is 20.6. The summed E-state index contributed by atoms with van der Waals surface area (Å²) >= 11 is 0. The van der Waals surface area contributed by atoms with Crippen LogP contribution < -0.4 is 4.72 Å². The number of morpholine rings is 1. The lowest BCUT2D eigenvalue weighted by Gasteiger charge is -2.36. The number of urea groups is 1. The van der Waals surface area contributed by atoms with Crippen molar-refractivity contribution in [2.75, 3.05) is 13.1 Å². The summed E-state index contributed by atoms with van der Waals surface area (Å²) in [5.41, 5.74) is 1.90. The van der Waals surface area contributed by atoms with Crippen LogP contribution >= 0.6 is 0 Å². The number of rotatable bonds is 3. The summed E-state index contributed by atoms with van der Waals surface area (Å²) in [7, 11) is -3.91. The lowest BCUT2D eigenvalue weighted by Crippen LogP contribution is -2.51. The second-order valence-electron chi connectivity index (χ2n) is 6.47. The molecular formula is C19H22N2O4S. The first-order valence-corrected chi connectivity index (χ1v) is 9.92. The minimum Gasteiger partial charge on any atom is -0.367 e. The number of sulfonamides is 1. The predicted molar refractivity (Wildman–Crippen MR) is 98.2 cm³/mol. The van der Waals surface area contributed by atoms with Crippen molar-refractivity contribution >= 4 is 16.1 Å². The lowest BCUT2D eigenvalue weighted by atomic mass is 10.1. The van der Waals surface area contributed by atoms with E-state index in [2.05, 4.69) is 4.72 Å². The minimum atomic E-state index is -3.91. The topological polar surface area (TPSA) is 75.7 Å². The molecule has 2 aromatic rings. The lowest BCUT2D eigenvalue weighted by molar-refractivity contribution is -0.0651. The standard InChI is InChI=1S/C19H22N2O4S/c1-14-8-10-17(11-9-14)26(23,24)20-19(22)21-12-15(2)25-18(13-21)16-6-4-3-5-7-16/h3-11,15,18H,12-13H2,1-2H3,(H,20,22). The Morgan fingerprint density at radius 3 is 2.38 bits per heavy atom. The Labute approximate surface area is 153 Å². The van der Waals surface area contributed by atoms with Gasteiger partial charge in [-0.15, -0.1) is 0 Å². The summed E-state index contributed by atoms with van der Waals surface area (Å²) in [6, 6.07) is 15.3. The van der Waals surface area contributed by atoms with Gasteiger partial charge in [0.2, 0.25) is 0 Å². The first-order valence-electron chi connectivity index (χ1n) is 8.44. The van der Waals surface area contributed by atoms with Gasteiger partial charge in [-0.2, -0.15) is 0 Å². The van der Waals surface area contributed by atoms with Crippen molar-refractivity contribution in [2.45, 2.75) is 31.0 Å². The van der Waals surface area contributed by atoms with E-state index < -0.39 is 16.1 Å². The van der Waals surface area contributed by atoms with E-state index in [1.165, 1.54) is 17.0 Å². The van der Waals surface area contributed by atoms with Crippen LogP contribution in [-0.4, -0.2) is 38.5 Å². The molecule has 0 saturated carbocycles. The zero-order valence-electron chi connectivity index (χ0n) is 14.8. The van der Waals surface area contributed by atoms with Gasteiger partial charge in [0.05, 0.1) is 17.5 Å². The Kier molecular flexibility index (Phi) is 5.29. The van der Waals surface area contributed by atoms with Gasteiger partial charge in [-0.05, 0) is 31.5 Å². The maximum atomic E-state index is 12.6. The highest BCUT2D eigenvalue weighted by atomic mass is 32.2. The monoisotopic (exact) mass is 374 g/mol.